The third-order valence-electron chi connectivity index (χ3n) is 11.3. The van der Waals surface area contributed by atoms with E-state index in [9.17, 15) is 4.79 Å². The molecule has 0 aliphatic carbocycles. The SMILES string of the molecule is CCC[C@@H]1OCCc2cc(-c3ncccn3)ccc21.CCC[C@H]1OCCc2cc(-c3ncccn3)ccc21.CN(C[C@H]1OCCc2cc(-c3ncccn3)ccc21)C(=O)OC(C)(C)C.Cl.Cl. The van der Waals surface area contributed by atoms with Gasteiger partial charge >= 0.3 is 6.09 Å². The Bertz CT molecular complexity index is 2320. The number of rotatable bonds is 9. The number of aromatic nitrogens is 6. The summed E-state index contributed by atoms with van der Waals surface area (Å²) in [6, 6.07) is 24.7. The van der Waals surface area contributed by atoms with E-state index in [2.05, 4.69) is 86.2 Å². The van der Waals surface area contributed by atoms with E-state index in [4.69, 9.17) is 18.9 Å². The van der Waals surface area contributed by atoms with E-state index in [1.54, 1.807) is 55.2 Å². The van der Waals surface area contributed by atoms with Gasteiger partial charge in [-0.15, -0.1) is 24.8 Å². The molecule has 3 aliphatic rings. The lowest BCUT2D eigenvalue weighted by molar-refractivity contribution is -0.00164. The first-order valence-electron chi connectivity index (χ1n) is 22.6. The number of nitrogens with zero attached hydrogens (tertiary/aromatic N) is 7. The van der Waals surface area contributed by atoms with Gasteiger partial charge in [0, 0.05) is 60.9 Å². The zero-order valence-corrected chi connectivity index (χ0v) is 40.5. The second-order valence-electron chi connectivity index (χ2n) is 17.2. The van der Waals surface area contributed by atoms with E-state index < -0.39 is 5.60 Å². The van der Waals surface area contributed by atoms with E-state index >= 15 is 0 Å². The van der Waals surface area contributed by atoms with Gasteiger partial charge in [0.05, 0.1) is 38.6 Å². The average Bonchev–Trinajstić information content (AvgIpc) is 3.32. The highest BCUT2D eigenvalue weighted by atomic mass is 35.5. The molecule has 14 heteroatoms. The van der Waals surface area contributed by atoms with Crippen LogP contribution >= 0.6 is 24.8 Å². The smallest absolute Gasteiger partial charge is 0.410 e. The van der Waals surface area contributed by atoms with Gasteiger partial charge in [0.15, 0.2) is 17.5 Å². The number of hydrogen-bond donors (Lipinski definition) is 0. The van der Waals surface area contributed by atoms with Gasteiger partial charge in [0.1, 0.15) is 11.7 Å². The summed E-state index contributed by atoms with van der Waals surface area (Å²) in [5.41, 5.74) is 10.4. The highest BCUT2D eigenvalue weighted by Gasteiger charge is 2.27. The van der Waals surface area contributed by atoms with Gasteiger partial charge < -0.3 is 23.8 Å². The van der Waals surface area contributed by atoms with Gasteiger partial charge in [-0.1, -0.05) is 63.1 Å². The first-order valence-corrected chi connectivity index (χ1v) is 22.6. The number of carbonyl (C=O) groups excluding carboxylic acids is 1. The summed E-state index contributed by atoms with van der Waals surface area (Å²) in [5, 5.41) is 0. The predicted octanol–water partition coefficient (Wildman–Crippen LogP) is 11.6. The molecule has 0 fully saturated rings. The Morgan fingerprint density at radius 3 is 1.24 bits per heavy atom. The first kappa shape index (κ1) is 51.6. The molecule has 3 atom stereocenters. The summed E-state index contributed by atoms with van der Waals surface area (Å²) in [6.45, 7) is 12.7. The monoisotopic (exact) mass is 935 g/mol. The lowest BCUT2D eigenvalue weighted by Crippen LogP contribution is -2.37. The third kappa shape index (κ3) is 13.8. The molecule has 3 aromatic heterocycles. The molecule has 0 bridgehead atoms. The zero-order valence-electron chi connectivity index (χ0n) is 38.9. The van der Waals surface area contributed by atoms with Crippen molar-refractivity contribution in [2.75, 3.05) is 33.4 Å². The summed E-state index contributed by atoms with van der Waals surface area (Å²) in [6.07, 6.45) is 17.9. The average molecular weight is 937 g/mol. The second kappa shape index (κ2) is 25.0. The number of hydrogen-bond acceptors (Lipinski definition) is 11. The molecule has 0 spiro atoms. The van der Waals surface area contributed by atoms with E-state index in [0.29, 0.717) is 19.0 Å². The summed E-state index contributed by atoms with van der Waals surface area (Å²) < 4.78 is 23.1. The van der Waals surface area contributed by atoms with Crippen LogP contribution < -0.4 is 0 Å². The molecule has 0 unspecified atom stereocenters. The van der Waals surface area contributed by atoms with Crippen LogP contribution in [0, 0.1) is 0 Å². The van der Waals surface area contributed by atoms with Crippen LogP contribution in [0.2, 0.25) is 0 Å². The Labute approximate surface area is 402 Å². The fraction of sp³-hybridized carbons (Fsp3) is 0.404. The third-order valence-corrected chi connectivity index (χ3v) is 11.3. The van der Waals surface area contributed by atoms with Crippen molar-refractivity contribution in [3.05, 3.63) is 143 Å². The Kier molecular flexibility index (Phi) is 19.5. The molecular weight excluding hydrogens is 874 g/mol. The van der Waals surface area contributed by atoms with Crippen LogP contribution in [0.5, 0.6) is 0 Å². The summed E-state index contributed by atoms with van der Waals surface area (Å²) >= 11 is 0. The summed E-state index contributed by atoms with van der Waals surface area (Å²) in [4.78, 5) is 39.6. The number of fused-ring (bicyclic) bond motifs is 3. The topological polar surface area (TPSA) is 135 Å². The zero-order chi connectivity index (χ0) is 44.9. The van der Waals surface area contributed by atoms with E-state index in [0.717, 1.165) is 92.1 Å². The maximum absolute atomic E-state index is 12.2. The maximum Gasteiger partial charge on any atom is 0.410 e. The molecule has 6 heterocycles. The maximum atomic E-state index is 12.2. The highest BCUT2D eigenvalue weighted by molar-refractivity contribution is 5.85. The van der Waals surface area contributed by atoms with E-state index in [1.807, 2.05) is 45.0 Å². The minimum absolute atomic E-state index is 0. The van der Waals surface area contributed by atoms with E-state index in [1.165, 1.54) is 27.8 Å². The van der Waals surface area contributed by atoms with Crippen molar-refractivity contribution in [3.63, 3.8) is 0 Å². The molecule has 0 saturated carbocycles. The van der Waals surface area contributed by atoms with Crippen molar-refractivity contribution in [1.82, 2.24) is 34.8 Å². The second-order valence-corrected chi connectivity index (χ2v) is 17.2. The largest absolute Gasteiger partial charge is 0.444 e. The Hall–Kier alpha value is -5.37. The Balaban J connectivity index is 0.000000186. The van der Waals surface area contributed by atoms with Crippen molar-refractivity contribution < 1.29 is 23.7 Å². The fourth-order valence-electron chi connectivity index (χ4n) is 8.19. The number of carbonyl (C=O) groups is 1. The van der Waals surface area contributed by atoms with Crippen molar-refractivity contribution >= 4 is 30.9 Å². The van der Waals surface area contributed by atoms with Gasteiger partial charge in [-0.2, -0.15) is 0 Å². The van der Waals surface area contributed by atoms with Gasteiger partial charge in [-0.25, -0.2) is 34.7 Å². The van der Waals surface area contributed by atoms with Crippen LogP contribution in [-0.2, 0) is 38.2 Å². The normalized spacial score (nSPS) is 17.0. The van der Waals surface area contributed by atoms with Crippen LogP contribution in [0.4, 0.5) is 4.79 Å². The molecule has 0 saturated heterocycles. The highest BCUT2D eigenvalue weighted by Crippen LogP contribution is 2.35. The Morgan fingerprint density at radius 1 is 0.576 bits per heavy atom. The van der Waals surface area contributed by atoms with E-state index in [-0.39, 0.29) is 49.2 Å². The molecule has 350 valence electrons. The van der Waals surface area contributed by atoms with Crippen LogP contribution in [0.15, 0.2) is 110 Å². The molecular formula is C52H63Cl2N7O5. The lowest BCUT2D eigenvalue weighted by atomic mass is 9.93. The number of likely N-dealkylation sites (N-methyl/N-ethyl adjacent to an activating group) is 1. The minimum atomic E-state index is -0.513. The van der Waals surface area contributed by atoms with Gasteiger partial charge in [-0.3, -0.25) is 0 Å². The molecule has 9 rings (SSSR count). The number of amides is 1. The first-order chi connectivity index (χ1) is 31.1. The molecule has 0 N–H and O–H groups in total. The van der Waals surface area contributed by atoms with Gasteiger partial charge in [-0.05, 0) is 123 Å². The van der Waals surface area contributed by atoms with Crippen LogP contribution in [0.3, 0.4) is 0 Å². The van der Waals surface area contributed by atoms with Crippen LogP contribution in [-0.4, -0.2) is 79.9 Å². The number of halogens is 2. The molecule has 66 heavy (non-hydrogen) atoms. The fourth-order valence-corrected chi connectivity index (χ4v) is 8.19. The number of benzene rings is 3. The predicted molar refractivity (Wildman–Crippen MR) is 263 cm³/mol. The molecule has 12 nitrogen and oxygen atoms in total. The quantitative estimate of drug-likeness (QED) is 0.137. The summed E-state index contributed by atoms with van der Waals surface area (Å²) in [5.74, 6) is 2.30. The molecule has 3 aromatic carbocycles. The lowest BCUT2D eigenvalue weighted by Gasteiger charge is -2.31. The van der Waals surface area contributed by atoms with Gasteiger partial charge in [0.2, 0.25) is 0 Å². The van der Waals surface area contributed by atoms with Crippen molar-refractivity contribution in [1.29, 1.82) is 0 Å². The molecule has 6 aromatic rings. The molecule has 1 amide bonds. The molecule has 0 radical (unpaired) electrons. The van der Waals surface area contributed by atoms with Crippen LogP contribution in [0.1, 0.15) is 112 Å². The van der Waals surface area contributed by atoms with Crippen molar-refractivity contribution in [2.45, 2.75) is 103 Å². The molecule has 3 aliphatic heterocycles. The van der Waals surface area contributed by atoms with Crippen molar-refractivity contribution in [2.24, 2.45) is 0 Å². The number of ether oxygens (including phenoxy) is 4. The minimum Gasteiger partial charge on any atom is -0.444 e. The van der Waals surface area contributed by atoms with Crippen LogP contribution in [0.25, 0.3) is 34.2 Å². The standard InChI is InChI=1S/C20H25N3O3.2C16H18N2O.2ClH/c1-20(2,3)26-19(24)23(4)13-17-16-7-6-15(12-14(16)8-11-25-17)18-21-9-5-10-22-18;2*1-2-4-15-14-6-5-13(11-12(14)7-10-19-15)16-17-8-3-9-18-16;;/h5-7,9-10,12,17H,8,11,13H2,1-4H3;2*3,5-6,8-9,11,15H,2,4,7,10H2,1H3;2*1H/t17-;2*15-;;/m110../s1. The van der Waals surface area contributed by atoms with Crippen molar-refractivity contribution in [3.8, 4) is 34.2 Å². The summed E-state index contributed by atoms with van der Waals surface area (Å²) in [7, 11) is 1.73. The Morgan fingerprint density at radius 2 is 0.909 bits per heavy atom. The van der Waals surface area contributed by atoms with Gasteiger partial charge in [0.25, 0.3) is 0 Å².